The van der Waals surface area contributed by atoms with Crippen LogP contribution in [0.25, 0.3) is 0 Å². The summed E-state index contributed by atoms with van der Waals surface area (Å²) in [6.07, 6.45) is -3.66. The second-order valence-electron chi connectivity index (χ2n) is 11.3. The number of fused-ring (bicyclic) bond motifs is 1. The van der Waals surface area contributed by atoms with Gasteiger partial charge in [0.25, 0.3) is 5.91 Å². The molecule has 6 rings (SSSR count). The number of piperazine rings is 1. The molecule has 1 aromatic heterocycles. The van der Waals surface area contributed by atoms with Crippen molar-refractivity contribution >= 4 is 22.9 Å². The van der Waals surface area contributed by atoms with E-state index in [2.05, 4.69) is 4.90 Å². The molecule has 3 aromatic carbocycles. The SMILES string of the molecule is COc1ccc(CCN(Cc2ccc3c(c2)OCO3)Cc2nc(C(=O)N3CCN(c4cccc(C(F)(F)F)c4)CC3)cs2)cc1OC. The number of amides is 1. The van der Waals surface area contributed by atoms with Crippen molar-refractivity contribution in [1.29, 1.82) is 0 Å². The number of ether oxygens (including phenoxy) is 4. The fourth-order valence-electron chi connectivity index (χ4n) is 5.72. The highest BCUT2D eigenvalue weighted by Gasteiger charge is 2.31. The number of alkyl halides is 3. The van der Waals surface area contributed by atoms with E-state index in [0.717, 1.165) is 46.2 Å². The topological polar surface area (TPSA) is 76.6 Å². The average Bonchev–Trinajstić information content (AvgIpc) is 3.76. The van der Waals surface area contributed by atoms with Crippen LogP contribution in [0.3, 0.4) is 0 Å². The lowest BCUT2D eigenvalue weighted by Gasteiger charge is -2.36. The molecule has 1 fully saturated rings. The first-order chi connectivity index (χ1) is 22.7. The highest BCUT2D eigenvalue weighted by molar-refractivity contribution is 7.09. The minimum Gasteiger partial charge on any atom is -0.493 e. The summed E-state index contributed by atoms with van der Waals surface area (Å²) < 4.78 is 61.5. The first-order valence-corrected chi connectivity index (χ1v) is 16.1. The third-order valence-electron chi connectivity index (χ3n) is 8.24. The van der Waals surface area contributed by atoms with E-state index in [1.807, 2.05) is 41.3 Å². The van der Waals surface area contributed by atoms with Gasteiger partial charge in [0.1, 0.15) is 10.7 Å². The highest BCUT2D eigenvalue weighted by Crippen LogP contribution is 2.34. The number of halogens is 3. The van der Waals surface area contributed by atoms with E-state index in [4.69, 9.17) is 23.9 Å². The zero-order chi connectivity index (χ0) is 33.0. The molecule has 248 valence electrons. The van der Waals surface area contributed by atoms with Crippen molar-refractivity contribution in [3.8, 4) is 23.0 Å². The summed E-state index contributed by atoms with van der Waals surface area (Å²) in [6, 6.07) is 17.1. The summed E-state index contributed by atoms with van der Waals surface area (Å²) in [5.74, 6) is 2.61. The molecule has 0 aliphatic carbocycles. The van der Waals surface area contributed by atoms with Gasteiger partial charge in [0, 0.05) is 50.3 Å². The van der Waals surface area contributed by atoms with E-state index in [1.165, 1.54) is 17.4 Å². The lowest BCUT2D eigenvalue weighted by molar-refractivity contribution is -0.137. The normalized spacial score (nSPS) is 14.5. The van der Waals surface area contributed by atoms with Crippen molar-refractivity contribution in [2.75, 3.05) is 58.6 Å². The smallest absolute Gasteiger partial charge is 0.416 e. The van der Waals surface area contributed by atoms with Gasteiger partial charge in [-0.25, -0.2) is 4.98 Å². The van der Waals surface area contributed by atoms with Crippen LogP contribution in [0.2, 0.25) is 0 Å². The van der Waals surface area contributed by atoms with E-state index in [9.17, 15) is 18.0 Å². The molecule has 47 heavy (non-hydrogen) atoms. The van der Waals surface area contributed by atoms with Crippen LogP contribution in [0.15, 0.2) is 66.0 Å². The Morgan fingerprint density at radius 1 is 0.915 bits per heavy atom. The zero-order valence-corrected chi connectivity index (χ0v) is 26.9. The standard InChI is InChI=1S/C34H35F3N4O5S/c1-43-28-8-6-23(16-30(28)44-2)10-11-39(19-24-7-9-29-31(17-24)46-22-45-29)20-32-38-27(21-47-32)33(42)41-14-12-40(13-15-41)26-5-3-4-25(18-26)34(35,36)37/h3-9,16-18,21H,10-15,19-20,22H2,1-2H3. The number of carbonyl (C=O) groups excluding carboxylic acids is 1. The molecule has 4 aromatic rings. The van der Waals surface area contributed by atoms with E-state index < -0.39 is 11.7 Å². The molecule has 0 bridgehead atoms. The van der Waals surface area contributed by atoms with E-state index >= 15 is 0 Å². The van der Waals surface area contributed by atoms with Gasteiger partial charge in [0.2, 0.25) is 6.79 Å². The van der Waals surface area contributed by atoms with Crippen LogP contribution in [0.4, 0.5) is 18.9 Å². The number of anilines is 1. The van der Waals surface area contributed by atoms with Crippen LogP contribution < -0.4 is 23.8 Å². The quantitative estimate of drug-likeness (QED) is 0.190. The summed E-state index contributed by atoms with van der Waals surface area (Å²) in [5, 5.41) is 2.59. The molecule has 0 unspecified atom stereocenters. The first kappa shape index (κ1) is 32.5. The Hall–Kier alpha value is -4.49. The maximum absolute atomic E-state index is 13.4. The molecule has 2 aliphatic rings. The van der Waals surface area contributed by atoms with Crippen LogP contribution in [0.1, 0.15) is 32.2 Å². The Kier molecular flexibility index (Phi) is 9.73. The largest absolute Gasteiger partial charge is 0.493 e. The summed E-state index contributed by atoms with van der Waals surface area (Å²) in [7, 11) is 3.23. The van der Waals surface area contributed by atoms with Gasteiger partial charge in [-0.3, -0.25) is 9.69 Å². The molecule has 13 heteroatoms. The summed E-state index contributed by atoms with van der Waals surface area (Å²) in [5.41, 5.74) is 2.35. The number of hydrogen-bond acceptors (Lipinski definition) is 9. The predicted molar refractivity (Wildman–Crippen MR) is 172 cm³/mol. The van der Waals surface area contributed by atoms with Gasteiger partial charge in [0.15, 0.2) is 23.0 Å². The maximum Gasteiger partial charge on any atom is 0.416 e. The Balaban J connectivity index is 1.11. The fraction of sp³-hybridized carbons (Fsp3) is 0.353. The van der Waals surface area contributed by atoms with Crippen LogP contribution in [-0.2, 0) is 25.7 Å². The lowest BCUT2D eigenvalue weighted by Crippen LogP contribution is -2.49. The molecule has 9 nitrogen and oxygen atoms in total. The molecule has 0 radical (unpaired) electrons. The van der Waals surface area contributed by atoms with Crippen LogP contribution in [0.5, 0.6) is 23.0 Å². The molecule has 3 heterocycles. The number of thiazole rings is 1. The molecule has 0 N–H and O–H groups in total. The van der Waals surface area contributed by atoms with Gasteiger partial charge >= 0.3 is 6.18 Å². The van der Waals surface area contributed by atoms with Crippen LogP contribution in [0, 0.1) is 0 Å². The molecule has 2 aliphatic heterocycles. The number of methoxy groups -OCH3 is 2. The van der Waals surface area contributed by atoms with Gasteiger partial charge < -0.3 is 28.7 Å². The Morgan fingerprint density at radius 3 is 2.45 bits per heavy atom. The predicted octanol–water partition coefficient (Wildman–Crippen LogP) is 6.12. The van der Waals surface area contributed by atoms with Crippen molar-refractivity contribution in [2.24, 2.45) is 0 Å². The van der Waals surface area contributed by atoms with E-state index in [-0.39, 0.29) is 12.7 Å². The van der Waals surface area contributed by atoms with Crippen molar-refractivity contribution in [2.45, 2.75) is 25.7 Å². The van der Waals surface area contributed by atoms with Crippen molar-refractivity contribution < 1.29 is 36.9 Å². The summed E-state index contributed by atoms with van der Waals surface area (Å²) >= 11 is 1.44. The fourth-order valence-corrected chi connectivity index (χ4v) is 6.53. The van der Waals surface area contributed by atoms with Crippen molar-refractivity contribution in [3.63, 3.8) is 0 Å². The number of hydrogen-bond donors (Lipinski definition) is 0. The van der Waals surface area contributed by atoms with Gasteiger partial charge in [-0.1, -0.05) is 18.2 Å². The minimum absolute atomic E-state index is 0.177. The molecular weight excluding hydrogens is 633 g/mol. The third-order valence-corrected chi connectivity index (χ3v) is 9.08. The van der Waals surface area contributed by atoms with Crippen molar-refractivity contribution in [1.82, 2.24) is 14.8 Å². The lowest BCUT2D eigenvalue weighted by atomic mass is 10.1. The molecule has 0 spiro atoms. The number of benzene rings is 3. The summed E-state index contributed by atoms with van der Waals surface area (Å²) in [4.78, 5) is 24.0. The number of rotatable bonds is 11. The molecule has 1 amide bonds. The second kappa shape index (κ2) is 14.1. The average molecular weight is 669 g/mol. The second-order valence-corrected chi connectivity index (χ2v) is 12.2. The molecule has 1 saturated heterocycles. The molecular formula is C34H35F3N4O5S. The van der Waals surface area contributed by atoms with E-state index in [1.54, 1.807) is 30.6 Å². The van der Waals surface area contributed by atoms with Crippen LogP contribution >= 0.6 is 11.3 Å². The summed E-state index contributed by atoms with van der Waals surface area (Å²) in [6.45, 7) is 3.73. The third kappa shape index (κ3) is 7.74. The number of carbonyl (C=O) groups is 1. The Bertz CT molecular complexity index is 1710. The molecule has 0 saturated carbocycles. The number of aromatic nitrogens is 1. The van der Waals surface area contributed by atoms with Crippen molar-refractivity contribution in [3.05, 3.63) is 93.4 Å². The maximum atomic E-state index is 13.4. The minimum atomic E-state index is -4.40. The number of nitrogens with zero attached hydrogens (tertiary/aromatic N) is 4. The first-order valence-electron chi connectivity index (χ1n) is 15.2. The van der Waals surface area contributed by atoms with Gasteiger partial charge in [-0.05, 0) is 60.0 Å². The van der Waals surface area contributed by atoms with Gasteiger partial charge in [0.05, 0.1) is 26.3 Å². The molecule has 0 atom stereocenters. The monoisotopic (exact) mass is 668 g/mol. The van der Waals surface area contributed by atoms with Gasteiger partial charge in [-0.15, -0.1) is 11.3 Å². The Labute approximate surface area is 275 Å². The van der Waals surface area contributed by atoms with Crippen LogP contribution in [-0.4, -0.2) is 74.4 Å². The zero-order valence-electron chi connectivity index (χ0n) is 26.1. The van der Waals surface area contributed by atoms with E-state index in [0.29, 0.717) is 68.7 Å². The Morgan fingerprint density at radius 2 is 1.68 bits per heavy atom. The highest BCUT2D eigenvalue weighted by atomic mass is 32.1. The van der Waals surface area contributed by atoms with Gasteiger partial charge in [-0.2, -0.15) is 13.2 Å².